The number of nitrogens with one attached hydrogen (secondary N) is 1. The fourth-order valence-electron chi connectivity index (χ4n) is 4.25. The van der Waals surface area contributed by atoms with E-state index in [1.54, 1.807) is 0 Å². The summed E-state index contributed by atoms with van der Waals surface area (Å²) in [6.07, 6.45) is 5.42. The van der Waals surface area contributed by atoms with E-state index < -0.39 is 0 Å². The van der Waals surface area contributed by atoms with E-state index in [1.165, 1.54) is 11.3 Å². The van der Waals surface area contributed by atoms with E-state index in [0.717, 1.165) is 38.8 Å². The Hall–Kier alpha value is -2.04. The summed E-state index contributed by atoms with van der Waals surface area (Å²) in [7, 11) is 0. The van der Waals surface area contributed by atoms with Crippen LogP contribution >= 0.6 is 0 Å². The van der Waals surface area contributed by atoms with Gasteiger partial charge in [0.15, 0.2) is 0 Å². The number of carbonyl (C=O) groups is 2. The monoisotopic (exact) mass is 355 g/mol. The van der Waals surface area contributed by atoms with Crippen molar-refractivity contribution >= 4 is 17.5 Å². The first kappa shape index (κ1) is 17.4. The number of likely N-dealkylation sites (tertiary alicyclic amines) is 1. The molecule has 26 heavy (non-hydrogen) atoms. The van der Waals surface area contributed by atoms with Gasteiger partial charge in [-0.05, 0) is 56.7 Å². The molecule has 1 aromatic rings. The molecule has 0 unspecified atom stereocenters. The van der Waals surface area contributed by atoms with Crippen molar-refractivity contribution in [3.05, 3.63) is 29.8 Å². The number of amides is 2. The predicted octanol–water partition coefficient (Wildman–Crippen LogP) is 2.48. The van der Waals surface area contributed by atoms with Crippen molar-refractivity contribution in [2.24, 2.45) is 5.92 Å². The standard InChI is InChI=1S/C21H29N3O2/c1-15-3-2-4-19(13-15)23-11-9-17(10-12-23)22-21(26)16-5-8-20(25)24(14-16)18-6-7-18/h2-4,13,16-18H,5-12,14H2,1H3,(H,22,26)/t16-/m0/s1. The van der Waals surface area contributed by atoms with Crippen molar-refractivity contribution < 1.29 is 9.59 Å². The molecule has 0 aromatic heterocycles. The lowest BCUT2D eigenvalue weighted by molar-refractivity contribution is -0.139. The smallest absolute Gasteiger partial charge is 0.225 e. The van der Waals surface area contributed by atoms with Gasteiger partial charge in [0.05, 0.1) is 5.92 Å². The van der Waals surface area contributed by atoms with Crippen LogP contribution in [0.3, 0.4) is 0 Å². The van der Waals surface area contributed by atoms with Crippen LogP contribution in [0.15, 0.2) is 24.3 Å². The molecule has 2 heterocycles. The zero-order valence-corrected chi connectivity index (χ0v) is 15.6. The lowest BCUT2D eigenvalue weighted by atomic mass is 9.95. The molecule has 1 atom stereocenters. The lowest BCUT2D eigenvalue weighted by Gasteiger charge is -2.36. The van der Waals surface area contributed by atoms with Gasteiger partial charge >= 0.3 is 0 Å². The fraction of sp³-hybridized carbons (Fsp3) is 0.619. The summed E-state index contributed by atoms with van der Waals surface area (Å²) < 4.78 is 0. The maximum absolute atomic E-state index is 12.7. The molecule has 5 nitrogen and oxygen atoms in total. The van der Waals surface area contributed by atoms with Crippen molar-refractivity contribution in [3.63, 3.8) is 0 Å². The minimum absolute atomic E-state index is 0.0249. The number of anilines is 1. The molecule has 3 aliphatic rings. The predicted molar refractivity (Wildman–Crippen MR) is 102 cm³/mol. The highest BCUT2D eigenvalue weighted by molar-refractivity contribution is 5.84. The molecule has 1 aromatic carbocycles. The van der Waals surface area contributed by atoms with Crippen molar-refractivity contribution in [1.82, 2.24) is 10.2 Å². The van der Waals surface area contributed by atoms with Gasteiger partial charge in [-0.2, -0.15) is 0 Å². The van der Waals surface area contributed by atoms with Crippen LogP contribution in [-0.2, 0) is 9.59 Å². The van der Waals surface area contributed by atoms with Crippen LogP contribution in [0.5, 0.6) is 0 Å². The molecule has 1 aliphatic carbocycles. The van der Waals surface area contributed by atoms with Crippen LogP contribution in [0.4, 0.5) is 5.69 Å². The molecule has 0 bridgehead atoms. The minimum Gasteiger partial charge on any atom is -0.371 e. The first-order valence-electron chi connectivity index (χ1n) is 10.0. The Morgan fingerprint density at radius 2 is 1.88 bits per heavy atom. The van der Waals surface area contributed by atoms with Crippen LogP contribution in [0, 0.1) is 12.8 Å². The molecule has 2 aliphatic heterocycles. The van der Waals surface area contributed by atoms with Crippen molar-refractivity contribution in [2.75, 3.05) is 24.5 Å². The van der Waals surface area contributed by atoms with Crippen LogP contribution in [0.2, 0.25) is 0 Å². The quantitative estimate of drug-likeness (QED) is 0.903. The second-order valence-corrected chi connectivity index (χ2v) is 8.12. The number of benzene rings is 1. The van der Waals surface area contributed by atoms with E-state index in [0.29, 0.717) is 25.4 Å². The van der Waals surface area contributed by atoms with Gasteiger partial charge in [-0.1, -0.05) is 12.1 Å². The molecule has 4 rings (SSSR count). The van der Waals surface area contributed by atoms with Gasteiger partial charge in [0.25, 0.3) is 0 Å². The second kappa shape index (κ2) is 7.29. The largest absolute Gasteiger partial charge is 0.371 e. The lowest BCUT2D eigenvalue weighted by Crippen LogP contribution is -2.50. The Kier molecular flexibility index (Phi) is 4.88. The Balaban J connectivity index is 1.27. The molecule has 140 valence electrons. The average molecular weight is 355 g/mol. The van der Waals surface area contributed by atoms with Gasteiger partial charge < -0.3 is 15.1 Å². The molecule has 0 spiro atoms. The van der Waals surface area contributed by atoms with E-state index in [4.69, 9.17) is 0 Å². The van der Waals surface area contributed by atoms with Gasteiger partial charge in [-0.3, -0.25) is 9.59 Å². The fourth-order valence-corrected chi connectivity index (χ4v) is 4.25. The van der Waals surface area contributed by atoms with Crippen LogP contribution in [-0.4, -0.2) is 48.4 Å². The number of aryl methyl sites for hydroxylation is 1. The molecule has 2 amide bonds. The van der Waals surface area contributed by atoms with E-state index in [1.807, 2.05) is 4.90 Å². The minimum atomic E-state index is -0.0249. The number of rotatable bonds is 4. The molecule has 1 N–H and O–H groups in total. The summed E-state index contributed by atoms with van der Waals surface area (Å²) in [5.41, 5.74) is 2.56. The first-order valence-corrected chi connectivity index (χ1v) is 10.0. The van der Waals surface area contributed by atoms with E-state index in [9.17, 15) is 9.59 Å². The zero-order chi connectivity index (χ0) is 18.1. The van der Waals surface area contributed by atoms with E-state index in [-0.39, 0.29) is 23.8 Å². The number of piperidine rings is 2. The first-order chi connectivity index (χ1) is 12.6. The molecule has 0 radical (unpaired) electrons. The Labute approximate surface area is 155 Å². The number of nitrogens with zero attached hydrogens (tertiary/aromatic N) is 2. The Morgan fingerprint density at radius 3 is 2.58 bits per heavy atom. The third kappa shape index (κ3) is 3.87. The van der Waals surface area contributed by atoms with Gasteiger partial charge in [-0.25, -0.2) is 0 Å². The summed E-state index contributed by atoms with van der Waals surface area (Å²) >= 11 is 0. The van der Waals surface area contributed by atoms with Crippen molar-refractivity contribution in [3.8, 4) is 0 Å². The maximum Gasteiger partial charge on any atom is 0.225 e. The molecule has 3 fully saturated rings. The molecular formula is C21H29N3O2. The Morgan fingerprint density at radius 1 is 1.12 bits per heavy atom. The third-order valence-electron chi connectivity index (χ3n) is 6.01. The summed E-state index contributed by atoms with van der Waals surface area (Å²) in [4.78, 5) is 29.1. The number of hydrogen-bond donors (Lipinski definition) is 1. The highest BCUT2D eigenvalue weighted by Crippen LogP contribution is 2.32. The molecule has 5 heteroatoms. The SMILES string of the molecule is Cc1cccc(N2CCC(NC(=O)[C@H]3CCC(=O)N(C4CC4)C3)CC2)c1. The Bertz CT molecular complexity index is 678. The summed E-state index contributed by atoms with van der Waals surface area (Å²) in [6.45, 7) is 4.70. The second-order valence-electron chi connectivity index (χ2n) is 8.12. The summed E-state index contributed by atoms with van der Waals surface area (Å²) in [6, 6.07) is 9.29. The summed E-state index contributed by atoms with van der Waals surface area (Å²) in [5, 5.41) is 3.26. The molecule has 2 saturated heterocycles. The van der Waals surface area contributed by atoms with Gasteiger partial charge in [0.1, 0.15) is 0 Å². The van der Waals surface area contributed by atoms with Crippen molar-refractivity contribution in [2.45, 2.75) is 57.5 Å². The zero-order valence-electron chi connectivity index (χ0n) is 15.6. The summed E-state index contributed by atoms with van der Waals surface area (Å²) in [5.74, 6) is 0.364. The van der Waals surface area contributed by atoms with Crippen molar-refractivity contribution in [1.29, 1.82) is 0 Å². The van der Waals surface area contributed by atoms with Gasteiger partial charge in [-0.15, -0.1) is 0 Å². The van der Waals surface area contributed by atoms with E-state index in [2.05, 4.69) is 41.4 Å². The van der Waals surface area contributed by atoms with Gasteiger partial charge in [0.2, 0.25) is 11.8 Å². The third-order valence-corrected chi connectivity index (χ3v) is 6.01. The number of carbonyl (C=O) groups excluding carboxylic acids is 2. The van der Waals surface area contributed by atoms with Crippen LogP contribution < -0.4 is 10.2 Å². The normalized spacial score (nSPS) is 24.7. The maximum atomic E-state index is 12.7. The highest BCUT2D eigenvalue weighted by atomic mass is 16.2. The topological polar surface area (TPSA) is 52.7 Å². The van der Waals surface area contributed by atoms with Crippen LogP contribution in [0.1, 0.15) is 44.1 Å². The average Bonchev–Trinajstić information content (AvgIpc) is 3.48. The van der Waals surface area contributed by atoms with Gasteiger partial charge in [0, 0.05) is 43.8 Å². The molecular weight excluding hydrogens is 326 g/mol. The molecule has 1 saturated carbocycles. The van der Waals surface area contributed by atoms with Crippen LogP contribution in [0.25, 0.3) is 0 Å². The number of hydrogen-bond acceptors (Lipinski definition) is 3. The van der Waals surface area contributed by atoms with E-state index >= 15 is 0 Å². The highest BCUT2D eigenvalue weighted by Gasteiger charge is 2.39.